The number of unbranched alkanes of at least 4 members (excludes halogenated alkanes) is 6. The number of benzene rings is 2. The molecule has 0 unspecified atom stereocenters. The minimum absolute atomic E-state index is 0.259. The van der Waals surface area contributed by atoms with Crippen molar-refractivity contribution in [3.05, 3.63) is 52.8 Å². The standard InChI is InChI=1S/C32H44FNO/c1-4-6-7-8-9-10-11-13-26-18-21-30(32(35-3)31(26)33)29-20-19-27(22-28(29)23-34)25-16-14-24(12-5-2)15-17-25/h18-22,24-25H,4-17H2,1-3H3. The van der Waals surface area contributed by atoms with Crippen LogP contribution in [0.25, 0.3) is 11.1 Å². The molecule has 3 heteroatoms. The van der Waals surface area contributed by atoms with Gasteiger partial charge in [0.1, 0.15) is 0 Å². The smallest absolute Gasteiger partial charge is 0.168 e. The highest BCUT2D eigenvalue weighted by molar-refractivity contribution is 5.77. The summed E-state index contributed by atoms with van der Waals surface area (Å²) < 4.78 is 20.9. The summed E-state index contributed by atoms with van der Waals surface area (Å²) in [6.45, 7) is 4.50. The molecule has 35 heavy (non-hydrogen) atoms. The first-order chi connectivity index (χ1) is 17.1. The van der Waals surface area contributed by atoms with Gasteiger partial charge in [-0.3, -0.25) is 0 Å². The maximum atomic E-state index is 15.4. The SMILES string of the molecule is CCCCCCCCCc1ccc(-c2ccc(C3CCC(CCC)CC3)cc2C#N)c(OC)c1F. The number of hydrogen-bond acceptors (Lipinski definition) is 2. The van der Waals surface area contributed by atoms with Gasteiger partial charge in [-0.25, -0.2) is 4.39 Å². The fourth-order valence-corrected chi connectivity index (χ4v) is 5.81. The van der Waals surface area contributed by atoms with E-state index in [2.05, 4.69) is 26.0 Å². The Morgan fingerprint density at radius 1 is 0.886 bits per heavy atom. The molecule has 0 atom stereocenters. The van der Waals surface area contributed by atoms with E-state index in [1.54, 1.807) is 0 Å². The number of hydrogen-bond donors (Lipinski definition) is 0. The number of ether oxygens (including phenoxy) is 1. The molecular formula is C32H44FNO. The Labute approximate surface area is 212 Å². The predicted molar refractivity (Wildman–Crippen MR) is 144 cm³/mol. The van der Waals surface area contributed by atoms with Gasteiger partial charge in [-0.15, -0.1) is 0 Å². The Morgan fingerprint density at radius 2 is 1.57 bits per heavy atom. The molecule has 1 aliphatic carbocycles. The van der Waals surface area contributed by atoms with Crippen LogP contribution < -0.4 is 4.74 Å². The van der Waals surface area contributed by atoms with E-state index in [4.69, 9.17) is 4.74 Å². The fourth-order valence-electron chi connectivity index (χ4n) is 5.81. The van der Waals surface area contributed by atoms with Crippen molar-refractivity contribution < 1.29 is 9.13 Å². The summed E-state index contributed by atoms with van der Waals surface area (Å²) in [5.74, 6) is 1.36. The van der Waals surface area contributed by atoms with Crippen LogP contribution in [0.5, 0.6) is 5.75 Å². The van der Waals surface area contributed by atoms with Crippen molar-refractivity contribution in [1.82, 2.24) is 0 Å². The van der Waals surface area contributed by atoms with Gasteiger partial charge in [0.25, 0.3) is 0 Å². The molecule has 0 amide bonds. The van der Waals surface area contributed by atoms with E-state index in [1.807, 2.05) is 24.3 Å². The molecule has 0 aliphatic heterocycles. The molecule has 1 aliphatic rings. The van der Waals surface area contributed by atoms with Crippen LogP contribution in [0.3, 0.4) is 0 Å². The van der Waals surface area contributed by atoms with Gasteiger partial charge in [0.05, 0.1) is 18.7 Å². The number of nitrogens with zero attached hydrogens (tertiary/aromatic N) is 1. The zero-order valence-electron chi connectivity index (χ0n) is 22.2. The summed E-state index contributed by atoms with van der Waals surface area (Å²) in [5.41, 5.74) is 3.99. The van der Waals surface area contributed by atoms with Crippen molar-refractivity contribution in [2.75, 3.05) is 7.11 Å². The van der Waals surface area contributed by atoms with Crippen LogP contribution in [-0.4, -0.2) is 7.11 Å². The third-order valence-corrected chi connectivity index (χ3v) is 7.90. The molecule has 0 N–H and O–H groups in total. The van der Waals surface area contributed by atoms with Crippen molar-refractivity contribution in [3.63, 3.8) is 0 Å². The zero-order valence-corrected chi connectivity index (χ0v) is 22.2. The minimum Gasteiger partial charge on any atom is -0.493 e. The number of nitriles is 1. The first-order valence-corrected chi connectivity index (χ1v) is 14.0. The maximum Gasteiger partial charge on any atom is 0.168 e. The molecule has 0 heterocycles. The molecule has 0 spiro atoms. The molecule has 1 fully saturated rings. The second-order valence-corrected chi connectivity index (χ2v) is 10.4. The first-order valence-electron chi connectivity index (χ1n) is 14.0. The van der Waals surface area contributed by atoms with E-state index in [-0.39, 0.29) is 11.6 Å². The third-order valence-electron chi connectivity index (χ3n) is 7.90. The van der Waals surface area contributed by atoms with Crippen molar-refractivity contribution in [3.8, 4) is 22.9 Å². The van der Waals surface area contributed by atoms with E-state index in [0.717, 1.165) is 30.7 Å². The Balaban J connectivity index is 1.71. The molecule has 0 radical (unpaired) electrons. The monoisotopic (exact) mass is 477 g/mol. The van der Waals surface area contributed by atoms with Crippen LogP contribution in [-0.2, 0) is 6.42 Å². The number of rotatable bonds is 13. The van der Waals surface area contributed by atoms with E-state index in [0.29, 0.717) is 22.6 Å². The van der Waals surface area contributed by atoms with Crippen LogP contribution >= 0.6 is 0 Å². The quantitative estimate of drug-likeness (QED) is 0.269. The van der Waals surface area contributed by atoms with E-state index in [1.165, 1.54) is 83.3 Å². The highest BCUT2D eigenvalue weighted by Crippen LogP contribution is 2.41. The van der Waals surface area contributed by atoms with Gasteiger partial charge in [-0.05, 0) is 67.6 Å². The summed E-state index contributed by atoms with van der Waals surface area (Å²) in [5, 5.41) is 9.94. The lowest BCUT2D eigenvalue weighted by molar-refractivity contribution is 0.308. The summed E-state index contributed by atoms with van der Waals surface area (Å²) in [6.07, 6.45) is 16.7. The summed E-state index contributed by atoms with van der Waals surface area (Å²) in [7, 11) is 1.52. The molecule has 0 aromatic heterocycles. The average Bonchev–Trinajstić information content (AvgIpc) is 2.89. The first kappa shape index (κ1) is 27.3. The Hall–Kier alpha value is -2.34. The topological polar surface area (TPSA) is 33.0 Å². The Kier molecular flexibility index (Phi) is 11.1. The molecule has 0 saturated heterocycles. The van der Waals surface area contributed by atoms with Gasteiger partial charge in [0, 0.05) is 11.1 Å². The Bertz CT molecular complexity index is 968. The summed E-state index contributed by atoms with van der Waals surface area (Å²) in [4.78, 5) is 0. The van der Waals surface area contributed by atoms with Crippen molar-refractivity contribution in [1.29, 1.82) is 5.26 Å². The van der Waals surface area contributed by atoms with Crippen LogP contribution in [0.15, 0.2) is 30.3 Å². The van der Waals surface area contributed by atoms with Gasteiger partial charge >= 0.3 is 0 Å². The lowest BCUT2D eigenvalue weighted by atomic mass is 9.76. The van der Waals surface area contributed by atoms with Gasteiger partial charge in [0.2, 0.25) is 0 Å². The average molecular weight is 478 g/mol. The molecule has 3 rings (SSSR count). The van der Waals surface area contributed by atoms with Crippen LogP contribution in [0.4, 0.5) is 4.39 Å². The van der Waals surface area contributed by atoms with Crippen LogP contribution in [0.2, 0.25) is 0 Å². The maximum absolute atomic E-state index is 15.4. The van der Waals surface area contributed by atoms with Gasteiger partial charge in [-0.1, -0.05) is 89.5 Å². The minimum atomic E-state index is -0.279. The van der Waals surface area contributed by atoms with Gasteiger partial charge < -0.3 is 4.74 Å². The zero-order chi connectivity index (χ0) is 25.0. The van der Waals surface area contributed by atoms with E-state index >= 15 is 4.39 Å². The van der Waals surface area contributed by atoms with E-state index < -0.39 is 0 Å². The molecule has 1 saturated carbocycles. The predicted octanol–water partition coefficient (Wildman–Crippen LogP) is 9.74. The highest BCUT2D eigenvalue weighted by atomic mass is 19.1. The largest absolute Gasteiger partial charge is 0.493 e. The molecule has 2 aromatic carbocycles. The summed E-state index contributed by atoms with van der Waals surface area (Å²) >= 11 is 0. The second-order valence-electron chi connectivity index (χ2n) is 10.4. The molecule has 190 valence electrons. The number of methoxy groups -OCH3 is 1. The molecule has 2 nitrogen and oxygen atoms in total. The lowest BCUT2D eigenvalue weighted by Gasteiger charge is -2.29. The summed E-state index contributed by atoms with van der Waals surface area (Å²) in [6, 6.07) is 12.4. The Morgan fingerprint density at radius 3 is 2.23 bits per heavy atom. The van der Waals surface area contributed by atoms with Gasteiger partial charge in [0.15, 0.2) is 11.6 Å². The lowest BCUT2D eigenvalue weighted by Crippen LogP contribution is -2.13. The molecule has 2 aromatic rings. The van der Waals surface area contributed by atoms with Crippen LogP contribution in [0.1, 0.15) is 120 Å². The van der Waals surface area contributed by atoms with E-state index in [9.17, 15) is 5.26 Å². The normalized spacial score (nSPS) is 17.8. The van der Waals surface area contributed by atoms with Crippen LogP contribution in [0, 0.1) is 23.1 Å². The fraction of sp³-hybridized carbons (Fsp3) is 0.594. The van der Waals surface area contributed by atoms with Crippen molar-refractivity contribution in [2.24, 2.45) is 5.92 Å². The van der Waals surface area contributed by atoms with Gasteiger partial charge in [-0.2, -0.15) is 5.26 Å². The number of halogens is 1. The highest BCUT2D eigenvalue weighted by Gasteiger charge is 2.23. The number of aryl methyl sites for hydroxylation is 1. The molecule has 0 bridgehead atoms. The van der Waals surface area contributed by atoms with Crippen molar-refractivity contribution >= 4 is 0 Å². The van der Waals surface area contributed by atoms with Crippen molar-refractivity contribution in [2.45, 2.75) is 110 Å². The second kappa shape index (κ2) is 14.3. The third kappa shape index (κ3) is 7.33. The molecular weight excluding hydrogens is 433 g/mol.